The van der Waals surface area contributed by atoms with Gasteiger partial charge in [0.2, 0.25) is 5.91 Å². The first-order valence-electron chi connectivity index (χ1n) is 11.1. The molecular formula is C25H21N5O5S2. The van der Waals surface area contributed by atoms with Gasteiger partial charge in [-0.3, -0.25) is 9.52 Å². The quantitative estimate of drug-likeness (QED) is 0.206. The zero-order valence-corrected chi connectivity index (χ0v) is 20.9. The summed E-state index contributed by atoms with van der Waals surface area (Å²) in [6, 6.07) is 18.1. The van der Waals surface area contributed by atoms with Crippen molar-refractivity contribution in [1.82, 2.24) is 15.0 Å². The summed E-state index contributed by atoms with van der Waals surface area (Å²) in [5, 5.41) is 3.40. The molecule has 1 amide bonds. The van der Waals surface area contributed by atoms with Crippen molar-refractivity contribution in [3.63, 3.8) is 0 Å². The Labute approximate surface area is 216 Å². The standard InChI is InChI=1S/C25H21N5O5S2/c31-22(27-17-8-10-18(11-9-17)37(32,33)30-21-7-1-2-13-26-21)12-16-36-25-28-23(19-5-3-14-34-19)24(29-25)20-6-4-15-35-20/h1-11,13-15H,12,16H2,(H,26,30)(H,27,31)(H,28,29). The summed E-state index contributed by atoms with van der Waals surface area (Å²) >= 11 is 1.39. The third kappa shape index (κ3) is 5.93. The molecule has 0 aliphatic carbocycles. The fraction of sp³-hybridized carbons (Fsp3) is 0.0800. The van der Waals surface area contributed by atoms with Gasteiger partial charge in [0.05, 0.1) is 17.4 Å². The highest BCUT2D eigenvalue weighted by Crippen LogP contribution is 2.33. The number of nitrogens with one attached hydrogen (secondary N) is 3. The highest BCUT2D eigenvalue weighted by molar-refractivity contribution is 7.99. The Morgan fingerprint density at radius 3 is 2.38 bits per heavy atom. The Kier molecular flexibility index (Phi) is 7.10. The topological polar surface area (TPSA) is 143 Å². The van der Waals surface area contributed by atoms with Gasteiger partial charge in [-0.15, -0.1) is 0 Å². The van der Waals surface area contributed by atoms with Crippen LogP contribution in [0.2, 0.25) is 0 Å². The average molecular weight is 536 g/mol. The summed E-state index contributed by atoms with van der Waals surface area (Å²) in [5.74, 6) is 1.71. The Morgan fingerprint density at radius 1 is 0.946 bits per heavy atom. The van der Waals surface area contributed by atoms with Gasteiger partial charge >= 0.3 is 0 Å². The van der Waals surface area contributed by atoms with Crippen LogP contribution < -0.4 is 10.0 Å². The van der Waals surface area contributed by atoms with Crippen molar-refractivity contribution in [3.8, 4) is 22.9 Å². The number of benzene rings is 1. The molecule has 0 saturated heterocycles. The molecule has 12 heteroatoms. The summed E-state index contributed by atoms with van der Waals surface area (Å²) in [6.45, 7) is 0. The van der Waals surface area contributed by atoms with E-state index in [2.05, 4.69) is 25.0 Å². The number of furan rings is 2. The van der Waals surface area contributed by atoms with Gasteiger partial charge in [-0.2, -0.15) is 0 Å². The first kappa shape index (κ1) is 24.4. The zero-order valence-electron chi connectivity index (χ0n) is 19.2. The molecule has 0 unspecified atom stereocenters. The lowest BCUT2D eigenvalue weighted by atomic mass is 10.2. The molecule has 1 aromatic carbocycles. The number of aromatic nitrogens is 3. The van der Waals surface area contributed by atoms with E-state index in [1.807, 2.05) is 12.1 Å². The maximum absolute atomic E-state index is 12.5. The minimum Gasteiger partial charge on any atom is -0.463 e. The van der Waals surface area contributed by atoms with Crippen LogP contribution in [0.1, 0.15) is 6.42 Å². The van der Waals surface area contributed by atoms with Gasteiger partial charge in [0, 0.05) is 24.1 Å². The number of carbonyl (C=O) groups is 1. The third-order valence-corrected chi connectivity index (χ3v) is 7.37. The Morgan fingerprint density at radius 2 is 1.70 bits per heavy atom. The van der Waals surface area contributed by atoms with Gasteiger partial charge in [0.25, 0.3) is 10.0 Å². The summed E-state index contributed by atoms with van der Waals surface area (Å²) in [5.41, 5.74) is 1.81. The van der Waals surface area contributed by atoms with Crippen LogP contribution in [0.3, 0.4) is 0 Å². The molecule has 0 aliphatic rings. The van der Waals surface area contributed by atoms with Crippen LogP contribution in [0.15, 0.2) is 104 Å². The molecule has 0 spiro atoms. The van der Waals surface area contributed by atoms with Crippen molar-refractivity contribution in [2.75, 3.05) is 15.8 Å². The van der Waals surface area contributed by atoms with Crippen LogP contribution in [-0.4, -0.2) is 35.0 Å². The molecule has 0 saturated carbocycles. The number of carbonyl (C=O) groups excluding carboxylic acids is 1. The van der Waals surface area contributed by atoms with Crippen LogP contribution in [0.4, 0.5) is 11.5 Å². The molecule has 37 heavy (non-hydrogen) atoms. The van der Waals surface area contributed by atoms with E-state index in [1.54, 1.807) is 42.9 Å². The minimum atomic E-state index is -3.79. The molecule has 10 nitrogen and oxygen atoms in total. The first-order valence-corrected chi connectivity index (χ1v) is 13.6. The molecule has 188 valence electrons. The largest absolute Gasteiger partial charge is 0.463 e. The van der Waals surface area contributed by atoms with Gasteiger partial charge in [-0.25, -0.2) is 18.4 Å². The van der Waals surface area contributed by atoms with Crippen molar-refractivity contribution in [1.29, 1.82) is 0 Å². The number of rotatable bonds is 10. The molecule has 0 fully saturated rings. The number of thioether (sulfide) groups is 1. The monoisotopic (exact) mass is 535 g/mol. The lowest BCUT2D eigenvalue weighted by Gasteiger charge is -2.09. The minimum absolute atomic E-state index is 0.0595. The molecule has 0 radical (unpaired) electrons. The Balaban J connectivity index is 1.17. The number of aromatic amines is 1. The predicted octanol–water partition coefficient (Wildman–Crippen LogP) is 5.25. The number of anilines is 2. The van der Waals surface area contributed by atoms with E-state index in [4.69, 9.17) is 8.83 Å². The van der Waals surface area contributed by atoms with Crippen LogP contribution in [-0.2, 0) is 14.8 Å². The Hall–Kier alpha value is -4.29. The van der Waals surface area contributed by atoms with E-state index in [0.29, 0.717) is 39.5 Å². The number of amides is 1. The van der Waals surface area contributed by atoms with Crippen molar-refractivity contribution in [3.05, 3.63) is 85.5 Å². The second-order valence-electron chi connectivity index (χ2n) is 7.71. The highest BCUT2D eigenvalue weighted by Gasteiger charge is 2.19. The first-order chi connectivity index (χ1) is 18.0. The maximum atomic E-state index is 12.5. The average Bonchev–Trinajstić information content (AvgIpc) is 3.66. The van der Waals surface area contributed by atoms with E-state index < -0.39 is 10.0 Å². The Bertz CT molecular complexity index is 1510. The fourth-order valence-electron chi connectivity index (χ4n) is 3.41. The third-order valence-electron chi connectivity index (χ3n) is 5.12. The van der Waals surface area contributed by atoms with Crippen LogP contribution in [0, 0.1) is 0 Å². The van der Waals surface area contributed by atoms with Gasteiger partial charge in [-0.05, 0) is 60.7 Å². The number of hydrogen-bond donors (Lipinski definition) is 3. The van der Waals surface area contributed by atoms with Crippen molar-refractivity contribution < 1.29 is 22.0 Å². The SMILES string of the molecule is O=C(CCSc1nc(-c2ccco2)c(-c2ccco2)[nH]1)Nc1ccc(S(=O)(=O)Nc2ccccn2)cc1. The molecule has 5 rings (SSSR count). The van der Waals surface area contributed by atoms with Gasteiger partial charge in [-0.1, -0.05) is 17.8 Å². The molecule has 4 heterocycles. The van der Waals surface area contributed by atoms with Crippen molar-refractivity contribution >= 4 is 39.2 Å². The van der Waals surface area contributed by atoms with Crippen molar-refractivity contribution in [2.45, 2.75) is 16.5 Å². The van der Waals surface area contributed by atoms with Crippen LogP contribution in [0.5, 0.6) is 0 Å². The second kappa shape index (κ2) is 10.8. The lowest BCUT2D eigenvalue weighted by molar-refractivity contribution is -0.115. The number of H-pyrrole nitrogens is 1. The highest BCUT2D eigenvalue weighted by atomic mass is 32.2. The molecule has 4 aromatic heterocycles. The summed E-state index contributed by atoms with van der Waals surface area (Å²) in [4.78, 5) is 24.3. The van der Waals surface area contributed by atoms with E-state index in [9.17, 15) is 13.2 Å². The smallest absolute Gasteiger partial charge is 0.263 e. The summed E-state index contributed by atoms with van der Waals surface area (Å²) in [6.07, 6.45) is 4.87. The number of sulfonamides is 1. The van der Waals surface area contributed by atoms with Crippen LogP contribution >= 0.6 is 11.8 Å². The molecular weight excluding hydrogens is 514 g/mol. The van der Waals surface area contributed by atoms with Gasteiger partial charge < -0.3 is 19.1 Å². The van der Waals surface area contributed by atoms with Gasteiger partial charge in [0.1, 0.15) is 17.2 Å². The number of nitrogens with zero attached hydrogens (tertiary/aromatic N) is 2. The zero-order chi connectivity index (χ0) is 25.7. The van der Waals surface area contributed by atoms with Crippen molar-refractivity contribution in [2.24, 2.45) is 0 Å². The summed E-state index contributed by atoms with van der Waals surface area (Å²) < 4.78 is 38.5. The molecule has 0 atom stereocenters. The molecule has 0 bridgehead atoms. The van der Waals surface area contributed by atoms with E-state index in [1.165, 1.54) is 42.2 Å². The normalized spacial score (nSPS) is 11.4. The number of hydrogen-bond acceptors (Lipinski definition) is 8. The predicted molar refractivity (Wildman–Crippen MR) is 139 cm³/mol. The molecule has 5 aromatic rings. The maximum Gasteiger partial charge on any atom is 0.263 e. The fourth-order valence-corrected chi connectivity index (χ4v) is 5.23. The summed E-state index contributed by atoms with van der Waals surface area (Å²) in [7, 11) is -3.79. The molecule has 0 aliphatic heterocycles. The number of imidazole rings is 1. The van der Waals surface area contributed by atoms with Crippen LogP contribution in [0.25, 0.3) is 22.9 Å². The second-order valence-corrected chi connectivity index (χ2v) is 10.5. The number of pyridine rings is 1. The van der Waals surface area contributed by atoms with E-state index in [-0.39, 0.29) is 23.0 Å². The van der Waals surface area contributed by atoms with E-state index >= 15 is 0 Å². The van der Waals surface area contributed by atoms with E-state index in [0.717, 1.165) is 0 Å². The molecule has 3 N–H and O–H groups in total. The van der Waals surface area contributed by atoms with Gasteiger partial charge in [0.15, 0.2) is 16.7 Å². The lowest BCUT2D eigenvalue weighted by Crippen LogP contribution is -2.15.